The van der Waals surface area contributed by atoms with E-state index in [2.05, 4.69) is 20.7 Å². The van der Waals surface area contributed by atoms with Crippen molar-refractivity contribution in [1.82, 2.24) is 0 Å². The third-order valence-electron chi connectivity index (χ3n) is 3.44. The molecule has 0 radical (unpaired) electrons. The molecule has 2 aliphatic rings. The number of ether oxygens (including phenoxy) is 2. The molecule has 0 saturated heterocycles. The van der Waals surface area contributed by atoms with E-state index < -0.39 is 0 Å². The zero-order valence-electron chi connectivity index (χ0n) is 12.1. The maximum atomic E-state index is 5.89. The van der Waals surface area contributed by atoms with Crippen LogP contribution in [0.3, 0.4) is 0 Å². The Bertz CT molecular complexity index is 843. The van der Waals surface area contributed by atoms with Crippen molar-refractivity contribution in [3.05, 3.63) is 54.1 Å². The van der Waals surface area contributed by atoms with E-state index in [0.29, 0.717) is 22.9 Å². The second kappa shape index (κ2) is 5.45. The standard InChI is InChI=1S/C16H13N5O2/c17-16-15(20-18-11-4-2-1-3-5-11)14(19-21-16)10-6-7-12-13(8-10)23-9-22-12/h1-8,18H,9H2,(H2,17,20,21). The summed E-state index contributed by atoms with van der Waals surface area (Å²) in [5, 5.41) is 12.4. The fraction of sp³-hybridized carbons (Fsp3) is 0.0625. The minimum atomic E-state index is 0.223. The first-order valence-corrected chi connectivity index (χ1v) is 7.02. The summed E-state index contributed by atoms with van der Waals surface area (Å²) in [5.74, 6) is 1.65. The van der Waals surface area contributed by atoms with Gasteiger partial charge in [-0.05, 0) is 30.3 Å². The highest BCUT2D eigenvalue weighted by molar-refractivity contribution is 6.72. The van der Waals surface area contributed by atoms with E-state index in [-0.39, 0.29) is 12.6 Å². The van der Waals surface area contributed by atoms with Crippen molar-refractivity contribution in [2.75, 3.05) is 12.2 Å². The predicted octanol–water partition coefficient (Wildman–Crippen LogP) is 1.96. The van der Waals surface area contributed by atoms with Gasteiger partial charge in [-0.25, -0.2) is 0 Å². The van der Waals surface area contributed by atoms with E-state index in [9.17, 15) is 0 Å². The molecule has 0 bridgehead atoms. The van der Waals surface area contributed by atoms with Gasteiger partial charge in [-0.3, -0.25) is 5.43 Å². The van der Waals surface area contributed by atoms with E-state index in [1.807, 2.05) is 48.5 Å². The number of hydrogen-bond donors (Lipinski definition) is 2. The zero-order chi connectivity index (χ0) is 15.6. The van der Waals surface area contributed by atoms with E-state index in [1.54, 1.807) is 0 Å². The van der Waals surface area contributed by atoms with Crippen molar-refractivity contribution in [1.29, 1.82) is 0 Å². The van der Waals surface area contributed by atoms with E-state index in [0.717, 1.165) is 11.3 Å². The molecule has 2 heterocycles. The number of nitrogens with zero attached hydrogens (tertiary/aromatic N) is 3. The highest BCUT2D eigenvalue weighted by atomic mass is 16.7. The van der Waals surface area contributed by atoms with Crippen molar-refractivity contribution in [2.24, 2.45) is 21.0 Å². The molecule has 0 fully saturated rings. The number of benzene rings is 2. The number of amidine groups is 1. The number of anilines is 1. The SMILES string of the molecule is NC1=NN=C(c2ccc3c(c2)OCO3)/C1=N\Nc1ccccc1. The molecule has 7 nitrogen and oxygen atoms in total. The van der Waals surface area contributed by atoms with Crippen molar-refractivity contribution >= 4 is 22.9 Å². The molecule has 2 aromatic carbocycles. The molecule has 0 aromatic heterocycles. The normalized spacial score (nSPS) is 17.1. The van der Waals surface area contributed by atoms with Gasteiger partial charge in [0.25, 0.3) is 0 Å². The average Bonchev–Trinajstić information content (AvgIpc) is 3.19. The number of hydrogen-bond acceptors (Lipinski definition) is 7. The Balaban J connectivity index is 1.63. The van der Waals surface area contributed by atoms with Crippen LogP contribution in [0.15, 0.2) is 63.8 Å². The maximum absolute atomic E-state index is 5.89. The molecule has 3 N–H and O–H groups in total. The molecule has 7 heteroatoms. The van der Waals surface area contributed by atoms with Gasteiger partial charge in [0, 0.05) is 5.56 Å². The van der Waals surface area contributed by atoms with Gasteiger partial charge in [-0.15, -0.1) is 10.2 Å². The maximum Gasteiger partial charge on any atom is 0.231 e. The summed E-state index contributed by atoms with van der Waals surface area (Å²) in [6.07, 6.45) is 0. The highest BCUT2D eigenvalue weighted by Crippen LogP contribution is 2.33. The summed E-state index contributed by atoms with van der Waals surface area (Å²) < 4.78 is 10.7. The third-order valence-corrected chi connectivity index (χ3v) is 3.44. The molecule has 4 rings (SSSR count). The molecule has 0 amide bonds. The fourth-order valence-corrected chi connectivity index (χ4v) is 2.30. The summed E-state index contributed by atoms with van der Waals surface area (Å²) in [7, 11) is 0. The quantitative estimate of drug-likeness (QED) is 0.848. The average molecular weight is 307 g/mol. The first-order chi connectivity index (χ1) is 11.3. The van der Waals surface area contributed by atoms with E-state index in [4.69, 9.17) is 15.2 Å². The van der Waals surface area contributed by atoms with Crippen molar-refractivity contribution in [3.8, 4) is 11.5 Å². The lowest BCUT2D eigenvalue weighted by Crippen LogP contribution is -2.28. The summed E-state index contributed by atoms with van der Waals surface area (Å²) in [5.41, 5.74) is 11.6. The smallest absolute Gasteiger partial charge is 0.231 e. The van der Waals surface area contributed by atoms with Gasteiger partial charge in [-0.1, -0.05) is 18.2 Å². The van der Waals surface area contributed by atoms with Crippen LogP contribution in [0.5, 0.6) is 11.5 Å². The van der Waals surface area contributed by atoms with Gasteiger partial charge < -0.3 is 15.2 Å². The number of nitrogens with one attached hydrogen (secondary N) is 1. The monoisotopic (exact) mass is 307 g/mol. The second-order valence-electron chi connectivity index (χ2n) is 4.94. The van der Waals surface area contributed by atoms with Crippen LogP contribution in [0.1, 0.15) is 5.56 Å². The van der Waals surface area contributed by atoms with Crippen LogP contribution >= 0.6 is 0 Å². The Morgan fingerprint density at radius 3 is 2.70 bits per heavy atom. The van der Waals surface area contributed by atoms with Gasteiger partial charge in [0.1, 0.15) is 5.71 Å². The van der Waals surface area contributed by atoms with Crippen LogP contribution in [0.4, 0.5) is 5.69 Å². The molecular weight excluding hydrogens is 294 g/mol. The van der Waals surface area contributed by atoms with Gasteiger partial charge in [0.05, 0.1) is 5.69 Å². The first kappa shape index (κ1) is 13.3. The van der Waals surface area contributed by atoms with Gasteiger partial charge >= 0.3 is 0 Å². The summed E-state index contributed by atoms with van der Waals surface area (Å²) in [4.78, 5) is 0. The Morgan fingerprint density at radius 2 is 1.83 bits per heavy atom. The van der Waals surface area contributed by atoms with E-state index in [1.165, 1.54) is 0 Å². The number of rotatable bonds is 3. The van der Waals surface area contributed by atoms with Gasteiger partial charge in [-0.2, -0.15) is 5.10 Å². The molecular formula is C16H13N5O2. The highest BCUT2D eigenvalue weighted by Gasteiger charge is 2.24. The predicted molar refractivity (Wildman–Crippen MR) is 88.2 cm³/mol. The summed E-state index contributed by atoms with van der Waals surface area (Å²) in [6.45, 7) is 0.223. The molecule has 2 aliphatic heterocycles. The fourth-order valence-electron chi connectivity index (χ4n) is 2.30. The molecule has 2 aromatic rings. The van der Waals surface area contributed by atoms with Crippen LogP contribution in [0.25, 0.3) is 0 Å². The molecule has 0 aliphatic carbocycles. The number of hydrazone groups is 1. The van der Waals surface area contributed by atoms with Crippen LogP contribution < -0.4 is 20.6 Å². The zero-order valence-corrected chi connectivity index (χ0v) is 12.1. The molecule has 0 saturated carbocycles. The molecule has 23 heavy (non-hydrogen) atoms. The Hall–Kier alpha value is -3.35. The van der Waals surface area contributed by atoms with Crippen LogP contribution in [0.2, 0.25) is 0 Å². The van der Waals surface area contributed by atoms with Crippen LogP contribution in [0, 0.1) is 0 Å². The lowest BCUT2D eigenvalue weighted by Gasteiger charge is -2.06. The molecule has 114 valence electrons. The summed E-state index contributed by atoms with van der Waals surface area (Å²) >= 11 is 0. The Morgan fingerprint density at radius 1 is 1.00 bits per heavy atom. The van der Waals surface area contributed by atoms with Gasteiger partial charge in [0.15, 0.2) is 23.0 Å². The second-order valence-corrected chi connectivity index (χ2v) is 4.94. The first-order valence-electron chi connectivity index (χ1n) is 7.02. The Kier molecular flexibility index (Phi) is 3.16. The van der Waals surface area contributed by atoms with Crippen molar-refractivity contribution in [3.63, 3.8) is 0 Å². The lowest BCUT2D eigenvalue weighted by molar-refractivity contribution is 0.174. The molecule has 0 spiro atoms. The largest absolute Gasteiger partial charge is 0.454 e. The minimum Gasteiger partial charge on any atom is -0.454 e. The van der Waals surface area contributed by atoms with Crippen molar-refractivity contribution < 1.29 is 9.47 Å². The third kappa shape index (κ3) is 2.48. The number of nitrogens with two attached hydrogens (primary N) is 1. The summed E-state index contributed by atoms with van der Waals surface area (Å²) in [6, 6.07) is 15.1. The van der Waals surface area contributed by atoms with Crippen LogP contribution in [-0.2, 0) is 0 Å². The Labute approximate surface area is 132 Å². The molecule has 0 atom stereocenters. The topological polar surface area (TPSA) is 93.6 Å². The minimum absolute atomic E-state index is 0.223. The van der Waals surface area contributed by atoms with Crippen molar-refractivity contribution in [2.45, 2.75) is 0 Å². The van der Waals surface area contributed by atoms with E-state index >= 15 is 0 Å². The molecule has 0 unspecified atom stereocenters. The van der Waals surface area contributed by atoms with Gasteiger partial charge in [0.2, 0.25) is 6.79 Å². The number of fused-ring (bicyclic) bond motifs is 1. The number of para-hydroxylation sites is 1. The van der Waals surface area contributed by atoms with Crippen LogP contribution in [-0.4, -0.2) is 24.1 Å². The lowest BCUT2D eigenvalue weighted by atomic mass is 10.1.